The largest absolute Gasteiger partial charge is 0.501 e. The van der Waals surface area contributed by atoms with Gasteiger partial charge < -0.3 is 14.7 Å². The molecule has 1 aliphatic heterocycles. The summed E-state index contributed by atoms with van der Waals surface area (Å²) in [6.45, 7) is 1.12. The Hall–Kier alpha value is -2.52. The molecule has 2 aromatic rings. The number of benzene rings is 2. The van der Waals surface area contributed by atoms with Crippen LogP contribution in [-0.4, -0.2) is 30.9 Å². The van der Waals surface area contributed by atoms with Crippen LogP contribution in [0.4, 0.5) is 5.69 Å². The molecule has 3 nitrogen and oxygen atoms in total. The average Bonchev–Trinajstić information content (AvgIpc) is 2.81. The van der Waals surface area contributed by atoms with Gasteiger partial charge in [-0.3, -0.25) is 0 Å². The summed E-state index contributed by atoms with van der Waals surface area (Å²) in [5.41, 5.74) is 3.20. The van der Waals surface area contributed by atoms with E-state index in [1.165, 1.54) is 11.3 Å². The molecule has 0 radical (unpaired) electrons. The molecule has 3 aliphatic rings. The minimum absolute atomic E-state index is 0.0950. The molecule has 30 heavy (non-hydrogen) atoms. The Morgan fingerprint density at radius 3 is 2.00 bits per heavy atom. The number of methoxy groups -OCH3 is 1. The monoisotopic (exact) mass is 403 g/mol. The minimum Gasteiger partial charge on any atom is -0.501 e. The molecular weight excluding hydrogens is 370 g/mol. The van der Waals surface area contributed by atoms with Crippen molar-refractivity contribution in [3.8, 4) is 0 Å². The minimum atomic E-state index is -0.0950. The zero-order valence-corrected chi connectivity index (χ0v) is 17.9. The van der Waals surface area contributed by atoms with Gasteiger partial charge in [0.1, 0.15) is 0 Å². The second-order valence-electron chi connectivity index (χ2n) is 8.69. The molecule has 0 amide bonds. The summed E-state index contributed by atoms with van der Waals surface area (Å²) < 4.78 is 5.40. The lowest BCUT2D eigenvalue weighted by atomic mass is 9.59. The molecule has 2 aromatic carbocycles. The standard InChI is InChI=1S/C21H27NO2.C6H6/c1-24-19-9-7-16(8-10-19)20-21(13-11-18(23)12-14-21)15-22(20)17-5-3-2-4-6-17;1-2-4-6-5-3-1/h2-7,9,18,20,23H,8,10-15H2,1H3;1-6H. The highest BCUT2D eigenvalue weighted by molar-refractivity contribution is 5.55. The first-order chi connectivity index (χ1) is 14.7. The van der Waals surface area contributed by atoms with E-state index >= 15 is 0 Å². The first-order valence-corrected chi connectivity index (χ1v) is 11.2. The van der Waals surface area contributed by atoms with E-state index in [0.717, 1.165) is 50.8 Å². The predicted octanol–water partition coefficient (Wildman–Crippen LogP) is 5.73. The Labute approximate surface area is 180 Å². The molecule has 1 unspecified atom stereocenters. The molecule has 3 heteroatoms. The molecule has 0 aromatic heterocycles. The lowest BCUT2D eigenvalue weighted by molar-refractivity contribution is 0.0221. The van der Waals surface area contributed by atoms with Crippen molar-refractivity contribution in [2.75, 3.05) is 18.6 Å². The molecule has 5 rings (SSSR count). The number of hydrogen-bond donors (Lipinski definition) is 1. The Kier molecular flexibility index (Phi) is 6.59. The maximum absolute atomic E-state index is 9.95. The van der Waals surface area contributed by atoms with Crippen molar-refractivity contribution in [3.05, 3.63) is 90.2 Å². The zero-order chi connectivity index (χ0) is 20.8. The third-order valence-electron chi connectivity index (χ3n) is 6.84. The highest BCUT2D eigenvalue weighted by Gasteiger charge is 2.54. The molecular formula is C27H33NO2. The molecule has 1 saturated carbocycles. The van der Waals surface area contributed by atoms with Gasteiger partial charge in [0.2, 0.25) is 0 Å². The Bertz CT molecular complexity index is 824. The van der Waals surface area contributed by atoms with Crippen molar-refractivity contribution in [1.82, 2.24) is 0 Å². The van der Waals surface area contributed by atoms with Crippen LogP contribution >= 0.6 is 0 Å². The lowest BCUT2D eigenvalue weighted by Crippen LogP contribution is -2.67. The third kappa shape index (κ3) is 4.46. The van der Waals surface area contributed by atoms with E-state index < -0.39 is 0 Å². The van der Waals surface area contributed by atoms with Crippen molar-refractivity contribution in [1.29, 1.82) is 0 Å². The summed E-state index contributed by atoms with van der Waals surface area (Å²) in [7, 11) is 1.76. The molecule has 0 bridgehead atoms. The second kappa shape index (κ2) is 9.53. The number of para-hydroxylation sites is 1. The van der Waals surface area contributed by atoms with Crippen LogP contribution in [0, 0.1) is 5.41 Å². The van der Waals surface area contributed by atoms with Gasteiger partial charge in [-0.1, -0.05) is 60.7 Å². The van der Waals surface area contributed by atoms with E-state index in [0.29, 0.717) is 11.5 Å². The lowest BCUT2D eigenvalue weighted by Gasteiger charge is -2.62. The molecule has 1 spiro atoms. The van der Waals surface area contributed by atoms with Crippen LogP contribution in [0.5, 0.6) is 0 Å². The van der Waals surface area contributed by atoms with E-state index in [1.807, 2.05) is 36.4 Å². The van der Waals surface area contributed by atoms with Crippen LogP contribution in [0.15, 0.2) is 90.2 Å². The zero-order valence-electron chi connectivity index (χ0n) is 17.9. The van der Waals surface area contributed by atoms with Gasteiger partial charge >= 0.3 is 0 Å². The third-order valence-corrected chi connectivity index (χ3v) is 6.84. The summed E-state index contributed by atoms with van der Waals surface area (Å²) in [4.78, 5) is 2.56. The van der Waals surface area contributed by atoms with Gasteiger partial charge in [-0.25, -0.2) is 0 Å². The van der Waals surface area contributed by atoms with E-state index in [9.17, 15) is 5.11 Å². The molecule has 1 N–H and O–H groups in total. The molecule has 158 valence electrons. The van der Waals surface area contributed by atoms with E-state index in [4.69, 9.17) is 4.74 Å². The van der Waals surface area contributed by atoms with Crippen LogP contribution in [0.1, 0.15) is 38.5 Å². The van der Waals surface area contributed by atoms with Crippen LogP contribution in [0.25, 0.3) is 0 Å². The van der Waals surface area contributed by atoms with Crippen LogP contribution in [-0.2, 0) is 4.74 Å². The molecule has 1 heterocycles. The smallest absolute Gasteiger partial charge is 0.0958 e. The number of rotatable bonds is 3. The van der Waals surface area contributed by atoms with Crippen molar-refractivity contribution < 1.29 is 9.84 Å². The number of anilines is 1. The van der Waals surface area contributed by atoms with Crippen molar-refractivity contribution in [3.63, 3.8) is 0 Å². The highest BCUT2D eigenvalue weighted by Crippen LogP contribution is 2.54. The molecule has 2 aliphatic carbocycles. The predicted molar refractivity (Wildman–Crippen MR) is 123 cm³/mol. The fraction of sp³-hybridized carbons (Fsp3) is 0.407. The topological polar surface area (TPSA) is 32.7 Å². The Morgan fingerprint density at radius 1 is 0.867 bits per heavy atom. The summed E-state index contributed by atoms with van der Waals surface area (Å²) in [6.07, 6.45) is 10.6. The summed E-state index contributed by atoms with van der Waals surface area (Å²) in [6, 6.07) is 23.2. The van der Waals surface area contributed by atoms with Gasteiger partial charge in [-0.2, -0.15) is 0 Å². The first-order valence-electron chi connectivity index (χ1n) is 11.2. The van der Waals surface area contributed by atoms with Crippen LogP contribution in [0.3, 0.4) is 0 Å². The maximum Gasteiger partial charge on any atom is 0.0958 e. The fourth-order valence-electron chi connectivity index (χ4n) is 5.21. The number of nitrogens with zero attached hydrogens (tertiary/aromatic N) is 1. The van der Waals surface area contributed by atoms with Crippen molar-refractivity contribution in [2.45, 2.75) is 50.7 Å². The van der Waals surface area contributed by atoms with E-state index in [1.54, 1.807) is 7.11 Å². The fourth-order valence-corrected chi connectivity index (χ4v) is 5.21. The Morgan fingerprint density at radius 2 is 1.47 bits per heavy atom. The van der Waals surface area contributed by atoms with Gasteiger partial charge in [0.15, 0.2) is 0 Å². The molecule has 2 fully saturated rings. The number of aliphatic hydroxyl groups excluding tert-OH is 1. The normalized spacial score (nSPS) is 27.9. The molecule has 1 atom stereocenters. The van der Waals surface area contributed by atoms with Gasteiger partial charge in [-0.15, -0.1) is 0 Å². The van der Waals surface area contributed by atoms with E-state index in [2.05, 4.69) is 47.4 Å². The highest BCUT2D eigenvalue weighted by atomic mass is 16.5. The SMILES string of the molecule is COC1=CC=C(C2N(c3ccccc3)CC23CCC(O)CC3)CC1.c1ccccc1. The maximum atomic E-state index is 9.95. The second-order valence-corrected chi connectivity index (χ2v) is 8.69. The Balaban J connectivity index is 0.000000313. The summed E-state index contributed by atoms with van der Waals surface area (Å²) in [5, 5.41) is 9.95. The first kappa shape index (κ1) is 20.7. The van der Waals surface area contributed by atoms with Crippen LogP contribution in [0.2, 0.25) is 0 Å². The number of ether oxygens (including phenoxy) is 1. The van der Waals surface area contributed by atoms with E-state index in [-0.39, 0.29) is 6.10 Å². The van der Waals surface area contributed by atoms with Gasteiger partial charge in [-0.05, 0) is 55.9 Å². The number of aliphatic hydroxyl groups is 1. The van der Waals surface area contributed by atoms with Crippen molar-refractivity contribution in [2.24, 2.45) is 5.41 Å². The summed E-state index contributed by atoms with van der Waals surface area (Å²) in [5.74, 6) is 1.08. The number of allylic oxidation sites excluding steroid dienone is 3. The average molecular weight is 404 g/mol. The van der Waals surface area contributed by atoms with Crippen LogP contribution < -0.4 is 4.90 Å². The van der Waals surface area contributed by atoms with Gasteiger partial charge in [0, 0.05) is 24.1 Å². The van der Waals surface area contributed by atoms with Crippen molar-refractivity contribution >= 4 is 5.69 Å². The van der Waals surface area contributed by atoms with Gasteiger partial charge in [0.05, 0.1) is 25.0 Å². The molecule has 1 saturated heterocycles. The number of hydrogen-bond acceptors (Lipinski definition) is 3. The van der Waals surface area contributed by atoms with Gasteiger partial charge in [0.25, 0.3) is 0 Å². The quantitative estimate of drug-likeness (QED) is 0.710. The summed E-state index contributed by atoms with van der Waals surface area (Å²) >= 11 is 0.